The monoisotopic (exact) mass is 370 g/mol. The van der Waals surface area contributed by atoms with Crippen molar-refractivity contribution in [1.82, 2.24) is 0 Å². The van der Waals surface area contributed by atoms with E-state index in [9.17, 15) is 4.39 Å². The number of halogens is 3. The molecule has 0 bridgehead atoms. The van der Waals surface area contributed by atoms with Crippen LogP contribution in [0, 0.1) is 12.7 Å². The van der Waals surface area contributed by atoms with Gasteiger partial charge < -0.3 is 0 Å². The van der Waals surface area contributed by atoms with Gasteiger partial charge in [0.2, 0.25) is 0 Å². The van der Waals surface area contributed by atoms with E-state index in [2.05, 4.69) is 57.0 Å². The van der Waals surface area contributed by atoms with Crippen molar-refractivity contribution >= 4 is 31.9 Å². The van der Waals surface area contributed by atoms with Crippen molar-refractivity contribution in [2.45, 2.75) is 18.2 Å². The highest BCUT2D eigenvalue weighted by Crippen LogP contribution is 2.33. The summed E-state index contributed by atoms with van der Waals surface area (Å²) in [5.74, 6) is -0.193. The van der Waals surface area contributed by atoms with Crippen LogP contribution in [0.4, 0.5) is 4.39 Å². The molecule has 0 nitrogen and oxygen atoms in total. The van der Waals surface area contributed by atoms with Crippen molar-refractivity contribution in [2.75, 3.05) is 0 Å². The number of aryl methyl sites for hydroxylation is 1. The maximum atomic E-state index is 12.8. The summed E-state index contributed by atoms with van der Waals surface area (Å²) in [6.07, 6.45) is 0.836. The fraction of sp³-hybridized carbons (Fsp3) is 0.200. The fourth-order valence-corrected chi connectivity index (χ4v) is 3.42. The first kappa shape index (κ1) is 13.8. The van der Waals surface area contributed by atoms with Gasteiger partial charge in [0.25, 0.3) is 0 Å². The van der Waals surface area contributed by atoms with Crippen LogP contribution < -0.4 is 0 Å². The van der Waals surface area contributed by atoms with E-state index in [0.29, 0.717) is 0 Å². The standard InChI is InChI=1S/C15H13Br2F/c1-10-2-7-14(16)13(8-10)15(17)9-11-3-5-12(18)6-4-11/h2-8,15H,9H2,1H3. The SMILES string of the molecule is Cc1ccc(Br)c(C(Br)Cc2ccc(F)cc2)c1. The van der Waals surface area contributed by atoms with Gasteiger partial charge in [-0.05, 0) is 42.7 Å². The van der Waals surface area contributed by atoms with Crippen molar-refractivity contribution < 1.29 is 4.39 Å². The Labute approximate surface area is 123 Å². The highest BCUT2D eigenvalue weighted by Gasteiger charge is 2.12. The molecule has 0 amide bonds. The van der Waals surface area contributed by atoms with Crippen LogP contribution in [-0.2, 0) is 6.42 Å². The lowest BCUT2D eigenvalue weighted by Crippen LogP contribution is -1.97. The van der Waals surface area contributed by atoms with Crippen molar-refractivity contribution in [3.05, 3.63) is 69.4 Å². The molecule has 0 aliphatic rings. The first-order valence-electron chi connectivity index (χ1n) is 5.71. The summed E-state index contributed by atoms with van der Waals surface area (Å²) in [6, 6.07) is 12.9. The molecule has 0 heterocycles. The zero-order chi connectivity index (χ0) is 13.1. The molecule has 0 N–H and O–H groups in total. The molecular weight excluding hydrogens is 359 g/mol. The molecule has 18 heavy (non-hydrogen) atoms. The van der Waals surface area contributed by atoms with Crippen LogP contribution in [0.5, 0.6) is 0 Å². The highest BCUT2D eigenvalue weighted by molar-refractivity contribution is 9.11. The molecule has 0 saturated carbocycles. The molecule has 3 heteroatoms. The number of benzene rings is 2. The van der Waals surface area contributed by atoms with Crippen molar-refractivity contribution in [3.8, 4) is 0 Å². The smallest absolute Gasteiger partial charge is 0.123 e. The van der Waals surface area contributed by atoms with E-state index in [1.54, 1.807) is 0 Å². The van der Waals surface area contributed by atoms with E-state index >= 15 is 0 Å². The molecular formula is C15H13Br2F. The molecule has 2 aromatic carbocycles. The Balaban J connectivity index is 2.18. The topological polar surface area (TPSA) is 0 Å². The van der Waals surface area contributed by atoms with E-state index in [1.165, 1.54) is 23.3 Å². The van der Waals surface area contributed by atoms with Gasteiger partial charge in [0, 0.05) is 9.30 Å². The van der Waals surface area contributed by atoms with Gasteiger partial charge in [0.05, 0.1) is 0 Å². The number of alkyl halides is 1. The summed E-state index contributed by atoms with van der Waals surface area (Å²) in [5.41, 5.74) is 3.57. The van der Waals surface area contributed by atoms with Gasteiger partial charge in [-0.2, -0.15) is 0 Å². The minimum Gasteiger partial charge on any atom is -0.207 e. The molecule has 2 rings (SSSR count). The third-order valence-electron chi connectivity index (χ3n) is 2.82. The molecule has 0 aliphatic carbocycles. The number of rotatable bonds is 3. The van der Waals surface area contributed by atoms with Crippen molar-refractivity contribution in [1.29, 1.82) is 0 Å². The predicted molar refractivity (Wildman–Crippen MR) is 80.7 cm³/mol. The summed E-state index contributed by atoms with van der Waals surface area (Å²) in [5, 5.41) is 0. The molecule has 0 aliphatic heterocycles. The van der Waals surface area contributed by atoms with Gasteiger partial charge in [0.1, 0.15) is 5.82 Å². The lowest BCUT2D eigenvalue weighted by molar-refractivity contribution is 0.627. The largest absolute Gasteiger partial charge is 0.207 e. The minimum atomic E-state index is -0.193. The average molecular weight is 372 g/mol. The Hall–Kier alpha value is -0.670. The predicted octanol–water partition coefficient (Wildman–Crippen LogP) is 5.58. The number of hydrogen-bond acceptors (Lipinski definition) is 0. The van der Waals surface area contributed by atoms with Crippen LogP contribution in [0.2, 0.25) is 0 Å². The summed E-state index contributed by atoms with van der Waals surface area (Å²) < 4.78 is 13.9. The summed E-state index contributed by atoms with van der Waals surface area (Å²) in [4.78, 5) is 0.220. The first-order chi connectivity index (χ1) is 8.56. The minimum absolute atomic E-state index is 0.193. The summed E-state index contributed by atoms with van der Waals surface area (Å²) in [6.45, 7) is 2.08. The Morgan fingerprint density at radius 2 is 1.78 bits per heavy atom. The normalized spacial score (nSPS) is 12.4. The Morgan fingerprint density at radius 3 is 2.44 bits per heavy atom. The zero-order valence-corrected chi connectivity index (χ0v) is 13.1. The molecule has 0 saturated heterocycles. The summed E-state index contributed by atoms with van der Waals surface area (Å²) >= 11 is 7.27. The number of hydrogen-bond donors (Lipinski definition) is 0. The van der Waals surface area contributed by atoms with Gasteiger partial charge >= 0.3 is 0 Å². The molecule has 0 fully saturated rings. The molecule has 1 unspecified atom stereocenters. The Bertz CT molecular complexity index is 535. The van der Waals surface area contributed by atoms with Crippen molar-refractivity contribution in [2.24, 2.45) is 0 Å². The average Bonchev–Trinajstić information content (AvgIpc) is 2.35. The molecule has 0 spiro atoms. The van der Waals surface area contributed by atoms with E-state index in [0.717, 1.165) is 16.5 Å². The van der Waals surface area contributed by atoms with E-state index in [-0.39, 0.29) is 10.6 Å². The molecule has 94 valence electrons. The van der Waals surface area contributed by atoms with Crippen LogP contribution in [0.15, 0.2) is 46.9 Å². The zero-order valence-electron chi connectivity index (χ0n) is 9.96. The van der Waals surface area contributed by atoms with Gasteiger partial charge in [-0.15, -0.1) is 0 Å². The van der Waals surface area contributed by atoms with E-state index < -0.39 is 0 Å². The van der Waals surface area contributed by atoms with Crippen LogP contribution in [0.3, 0.4) is 0 Å². The lowest BCUT2D eigenvalue weighted by atomic mass is 10.0. The first-order valence-corrected chi connectivity index (χ1v) is 7.41. The van der Waals surface area contributed by atoms with Gasteiger partial charge in [-0.1, -0.05) is 61.7 Å². The lowest BCUT2D eigenvalue weighted by Gasteiger charge is -2.13. The van der Waals surface area contributed by atoms with Gasteiger partial charge in [0.15, 0.2) is 0 Å². The second kappa shape index (κ2) is 5.98. The summed E-state index contributed by atoms with van der Waals surface area (Å²) in [7, 11) is 0. The third kappa shape index (κ3) is 3.42. The highest BCUT2D eigenvalue weighted by atomic mass is 79.9. The fourth-order valence-electron chi connectivity index (χ4n) is 1.84. The Kier molecular flexibility index (Phi) is 4.57. The second-order valence-corrected chi connectivity index (χ2v) is 6.28. The van der Waals surface area contributed by atoms with Gasteiger partial charge in [-0.25, -0.2) is 4.39 Å². The molecule has 2 aromatic rings. The maximum absolute atomic E-state index is 12.8. The van der Waals surface area contributed by atoms with Crippen LogP contribution >= 0.6 is 31.9 Å². The van der Waals surface area contributed by atoms with Gasteiger partial charge in [-0.3, -0.25) is 0 Å². The Morgan fingerprint density at radius 1 is 1.11 bits per heavy atom. The molecule has 0 aromatic heterocycles. The van der Waals surface area contributed by atoms with E-state index in [1.807, 2.05) is 12.1 Å². The van der Waals surface area contributed by atoms with E-state index in [4.69, 9.17) is 0 Å². The maximum Gasteiger partial charge on any atom is 0.123 e. The van der Waals surface area contributed by atoms with Crippen LogP contribution in [-0.4, -0.2) is 0 Å². The second-order valence-electron chi connectivity index (χ2n) is 4.32. The van der Waals surface area contributed by atoms with Crippen LogP contribution in [0.25, 0.3) is 0 Å². The quantitative estimate of drug-likeness (QED) is 0.618. The molecule has 1 atom stereocenters. The third-order valence-corrected chi connectivity index (χ3v) is 4.36. The van der Waals surface area contributed by atoms with Crippen molar-refractivity contribution in [3.63, 3.8) is 0 Å². The van der Waals surface area contributed by atoms with Crippen LogP contribution in [0.1, 0.15) is 21.5 Å². The molecule has 0 radical (unpaired) electrons.